The number of rotatable bonds is 6. The van der Waals surface area contributed by atoms with Gasteiger partial charge in [-0.2, -0.15) is 0 Å². The molecule has 1 N–H and O–H groups in total. The van der Waals surface area contributed by atoms with Crippen molar-refractivity contribution < 1.29 is 24.2 Å². The van der Waals surface area contributed by atoms with Gasteiger partial charge in [-0.3, -0.25) is 19.5 Å². The van der Waals surface area contributed by atoms with Crippen LogP contribution in [0.15, 0.2) is 72.4 Å². The van der Waals surface area contributed by atoms with Crippen molar-refractivity contribution in [2.75, 3.05) is 18.6 Å². The molecule has 168 valence electrons. The van der Waals surface area contributed by atoms with E-state index in [1.165, 1.54) is 18.1 Å². The number of carbonyl (C=O) groups excluding carboxylic acids is 2. The number of nitrogens with zero attached hydrogens (tertiary/aromatic N) is 2. The average Bonchev–Trinajstić information content (AvgIpc) is 3.10. The molecule has 0 aliphatic carbocycles. The zero-order valence-electron chi connectivity index (χ0n) is 18.0. The van der Waals surface area contributed by atoms with E-state index in [4.69, 9.17) is 21.1 Å². The summed E-state index contributed by atoms with van der Waals surface area (Å²) in [6.07, 6.45) is 1.56. The molecule has 1 fully saturated rings. The highest BCUT2D eigenvalue weighted by Crippen LogP contribution is 2.43. The molecular weight excluding hydrogens is 444 g/mol. The number of Topliss-reactive ketones (excluding diaryl/α,β-unsaturated/α-hetero) is 1. The van der Waals surface area contributed by atoms with Crippen LogP contribution >= 0.6 is 11.6 Å². The van der Waals surface area contributed by atoms with E-state index in [1.54, 1.807) is 60.8 Å². The predicted molar refractivity (Wildman–Crippen MR) is 125 cm³/mol. The van der Waals surface area contributed by atoms with Gasteiger partial charge in [-0.1, -0.05) is 17.7 Å². The van der Waals surface area contributed by atoms with E-state index < -0.39 is 23.5 Å². The van der Waals surface area contributed by atoms with Gasteiger partial charge in [-0.15, -0.1) is 0 Å². The Labute approximate surface area is 195 Å². The minimum Gasteiger partial charge on any atom is -0.507 e. The lowest BCUT2D eigenvalue weighted by atomic mass is 9.97. The van der Waals surface area contributed by atoms with Crippen LogP contribution in [0.3, 0.4) is 0 Å². The molecule has 1 unspecified atom stereocenters. The summed E-state index contributed by atoms with van der Waals surface area (Å²) in [5, 5.41) is 11.6. The molecule has 3 aromatic rings. The summed E-state index contributed by atoms with van der Waals surface area (Å²) >= 11 is 6.13. The number of methoxy groups -OCH3 is 1. The van der Waals surface area contributed by atoms with Crippen molar-refractivity contribution in [2.24, 2.45) is 0 Å². The molecule has 1 aliphatic rings. The second kappa shape index (κ2) is 9.34. The Balaban J connectivity index is 1.92. The summed E-state index contributed by atoms with van der Waals surface area (Å²) < 4.78 is 10.8. The zero-order chi connectivity index (χ0) is 23.5. The van der Waals surface area contributed by atoms with E-state index in [2.05, 4.69) is 4.98 Å². The van der Waals surface area contributed by atoms with E-state index in [-0.39, 0.29) is 11.1 Å². The minimum atomic E-state index is -0.951. The van der Waals surface area contributed by atoms with Crippen molar-refractivity contribution in [2.45, 2.75) is 13.0 Å². The van der Waals surface area contributed by atoms with Gasteiger partial charge in [0.1, 0.15) is 23.3 Å². The zero-order valence-corrected chi connectivity index (χ0v) is 18.7. The first-order valence-corrected chi connectivity index (χ1v) is 10.6. The molecule has 1 aromatic heterocycles. The van der Waals surface area contributed by atoms with Gasteiger partial charge < -0.3 is 14.6 Å². The molecule has 0 saturated carbocycles. The van der Waals surface area contributed by atoms with Gasteiger partial charge >= 0.3 is 0 Å². The summed E-state index contributed by atoms with van der Waals surface area (Å²) in [6.45, 7) is 2.37. The Morgan fingerprint density at radius 2 is 1.88 bits per heavy atom. The van der Waals surface area contributed by atoms with Crippen LogP contribution in [0.1, 0.15) is 24.2 Å². The maximum absolute atomic E-state index is 13.2. The van der Waals surface area contributed by atoms with E-state index in [0.29, 0.717) is 34.5 Å². The second-order valence-electron chi connectivity index (χ2n) is 7.20. The van der Waals surface area contributed by atoms with E-state index in [1.807, 2.05) is 6.92 Å². The molecule has 1 atom stereocenters. The summed E-state index contributed by atoms with van der Waals surface area (Å²) in [5.41, 5.74) is 0.991. The van der Waals surface area contributed by atoms with Crippen LogP contribution in [0.5, 0.6) is 11.5 Å². The highest BCUT2D eigenvalue weighted by atomic mass is 35.5. The van der Waals surface area contributed by atoms with Gasteiger partial charge in [0.25, 0.3) is 11.7 Å². The molecular formula is C25H21ClN2O5. The number of ether oxygens (including phenoxy) is 2. The normalized spacial score (nSPS) is 17.3. The first-order valence-electron chi connectivity index (χ1n) is 10.2. The van der Waals surface area contributed by atoms with E-state index in [9.17, 15) is 14.7 Å². The molecule has 1 aliphatic heterocycles. The third-order valence-electron chi connectivity index (χ3n) is 5.25. The van der Waals surface area contributed by atoms with Gasteiger partial charge in [0, 0.05) is 16.9 Å². The standard InChI is InChI=1S/C25H21ClN2O5/c1-3-33-17-10-8-16(9-11-17)28-22(19-6-4-5-13-27-19)21(24(30)25(28)31)23(29)18-14-15(26)7-12-20(18)32-2/h4-14,22,29H,3H2,1-2H3/b23-21+. The molecule has 4 rings (SSSR count). The minimum absolute atomic E-state index is 0.104. The molecule has 0 radical (unpaired) electrons. The van der Waals surface area contributed by atoms with Crippen LogP contribution < -0.4 is 14.4 Å². The van der Waals surface area contributed by atoms with Crippen molar-refractivity contribution in [3.05, 3.63) is 88.7 Å². The van der Waals surface area contributed by atoms with Crippen LogP contribution in [0, 0.1) is 0 Å². The Morgan fingerprint density at radius 1 is 1.12 bits per heavy atom. The fourth-order valence-electron chi connectivity index (χ4n) is 3.80. The van der Waals surface area contributed by atoms with E-state index in [0.717, 1.165) is 0 Å². The molecule has 33 heavy (non-hydrogen) atoms. The predicted octanol–water partition coefficient (Wildman–Crippen LogP) is 4.77. The number of hydrogen-bond donors (Lipinski definition) is 1. The molecule has 2 aromatic carbocycles. The average molecular weight is 465 g/mol. The molecule has 1 amide bonds. The number of anilines is 1. The highest BCUT2D eigenvalue weighted by Gasteiger charge is 2.47. The lowest BCUT2D eigenvalue weighted by Crippen LogP contribution is -2.29. The van der Waals surface area contributed by atoms with Crippen molar-refractivity contribution in [3.8, 4) is 11.5 Å². The lowest BCUT2D eigenvalue weighted by Gasteiger charge is -2.25. The molecule has 8 heteroatoms. The van der Waals surface area contributed by atoms with Crippen LogP contribution in [-0.2, 0) is 9.59 Å². The summed E-state index contributed by atoms with van der Waals surface area (Å²) in [6, 6.07) is 15.7. The smallest absolute Gasteiger partial charge is 0.300 e. The number of aliphatic hydroxyl groups is 1. The molecule has 2 heterocycles. The fraction of sp³-hybridized carbons (Fsp3) is 0.160. The second-order valence-corrected chi connectivity index (χ2v) is 7.63. The Hall–Kier alpha value is -3.84. The topological polar surface area (TPSA) is 89.0 Å². The maximum Gasteiger partial charge on any atom is 0.300 e. The van der Waals surface area contributed by atoms with Crippen molar-refractivity contribution in [1.82, 2.24) is 4.98 Å². The van der Waals surface area contributed by atoms with Gasteiger partial charge in [-0.25, -0.2) is 0 Å². The fourth-order valence-corrected chi connectivity index (χ4v) is 3.97. The Bertz CT molecular complexity index is 1230. The van der Waals surface area contributed by atoms with E-state index >= 15 is 0 Å². The Kier molecular flexibility index (Phi) is 6.33. The summed E-state index contributed by atoms with van der Waals surface area (Å²) in [4.78, 5) is 32.1. The van der Waals surface area contributed by atoms with Gasteiger partial charge in [0.05, 0.1) is 30.5 Å². The number of carbonyl (C=O) groups is 2. The van der Waals surface area contributed by atoms with Gasteiger partial charge in [0.2, 0.25) is 0 Å². The number of aromatic nitrogens is 1. The van der Waals surface area contributed by atoms with Crippen LogP contribution in [0.2, 0.25) is 5.02 Å². The SMILES string of the molecule is CCOc1ccc(N2C(=O)C(=O)/C(=C(/O)c3cc(Cl)ccc3OC)C2c2ccccn2)cc1. The quantitative estimate of drug-likeness (QED) is 0.321. The third-order valence-corrected chi connectivity index (χ3v) is 5.49. The monoisotopic (exact) mass is 464 g/mol. The lowest BCUT2D eigenvalue weighted by molar-refractivity contribution is -0.132. The summed E-state index contributed by atoms with van der Waals surface area (Å²) in [7, 11) is 1.44. The van der Waals surface area contributed by atoms with Crippen molar-refractivity contribution in [3.63, 3.8) is 0 Å². The molecule has 7 nitrogen and oxygen atoms in total. The molecule has 0 spiro atoms. The van der Waals surface area contributed by atoms with Crippen LogP contribution in [0.4, 0.5) is 5.69 Å². The van der Waals surface area contributed by atoms with Crippen LogP contribution in [-0.4, -0.2) is 35.5 Å². The summed E-state index contributed by atoms with van der Waals surface area (Å²) in [5.74, 6) is -1.06. The number of benzene rings is 2. The largest absolute Gasteiger partial charge is 0.507 e. The number of amides is 1. The maximum atomic E-state index is 13.2. The number of pyridine rings is 1. The third kappa shape index (κ3) is 4.15. The van der Waals surface area contributed by atoms with Gasteiger partial charge in [0.15, 0.2) is 0 Å². The highest BCUT2D eigenvalue weighted by molar-refractivity contribution is 6.51. The molecule has 0 bridgehead atoms. The van der Waals surface area contributed by atoms with Crippen molar-refractivity contribution in [1.29, 1.82) is 0 Å². The first kappa shape index (κ1) is 22.4. The molecule has 1 saturated heterocycles. The van der Waals surface area contributed by atoms with Crippen molar-refractivity contribution >= 4 is 34.7 Å². The number of hydrogen-bond acceptors (Lipinski definition) is 6. The number of halogens is 1. The number of aliphatic hydroxyl groups excluding tert-OH is 1. The van der Waals surface area contributed by atoms with Crippen LogP contribution in [0.25, 0.3) is 5.76 Å². The Morgan fingerprint density at radius 3 is 2.52 bits per heavy atom. The number of ketones is 1. The first-order chi connectivity index (χ1) is 16.0. The van der Waals surface area contributed by atoms with Gasteiger partial charge in [-0.05, 0) is 61.5 Å².